The Kier molecular flexibility index (Phi) is 8.01. The van der Waals surface area contributed by atoms with Crippen LogP contribution in [0.3, 0.4) is 0 Å². The molecule has 36 heavy (non-hydrogen) atoms. The number of carbonyl (C=O) groups excluding carboxylic acids is 2. The molecule has 9 heteroatoms. The van der Waals surface area contributed by atoms with Gasteiger partial charge in [0.1, 0.15) is 5.82 Å². The van der Waals surface area contributed by atoms with Crippen LogP contribution in [0.15, 0.2) is 60.7 Å². The van der Waals surface area contributed by atoms with Gasteiger partial charge in [-0.2, -0.15) is 0 Å². The summed E-state index contributed by atoms with van der Waals surface area (Å²) in [5.41, 5.74) is 1.42. The standard InChI is InChI=1S/C27H25Cl2FN2O4/c1-35-24-10-8-17(14-25(24)36-2)27(34)32-12-11-23(31-26(33)18-5-3-4-6-20(18)28)19(15-32)16-7-9-21(29)22(30)13-16/h3-10,13-14,19,23H,11-12,15H2,1-2H3,(H,31,33)/t19-,23+/m1/s1. The molecule has 3 aromatic carbocycles. The molecular formula is C27H25Cl2FN2O4. The summed E-state index contributed by atoms with van der Waals surface area (Å²) in [6.07, 6.45) is 0.462. The van der Waals surface area contributed by atoms with E-state index in [-0.39, 0.29) is 35.3 Å². The zero-order valence-corrected chi connectivity index (χ0v) is 21.3. The fourth-order valence-corrected chi connectivity index (χ4v) is 4.77. The molecule has 6 nitrogen and oxygen atoms in total. The van der Waals surface area contributed by atoms with Crippen molar-refractivity contribution in [3.8, 4) is 11.5 Å². The van der Waals surface area contributed by atoms with Crippen molar-refractivity contribution in [2.75, 3.05) is 27.3 Å². The molecule has 0 aromatic heterocycles. The van der Waals surface area contributed by atoms with Crippen LogP contribution in [0.4, 0.5) is 4.39 Å². The van der Waals surface area contributed by atoms with E-state index >= 15 is 0 Å². The van der Waals surface area contributed by atoms with Crippen LogP contribution < -0.4 is 14.8 Å². The molecule has 1 heterocycles. The Morgan fingerprint density at radius 2 is 1.72 bits per heavy atom. The van der Waals surface area contributed by atoms with Gasteiger partial charge in [-0.3, -0.25) is 9.59 Å². The second-order valence-corrected chi connectivity index (χ2v) is 9.26. The molecule has 0 aliphatic carbocycles. The number of methoxy groups -OCH3 is 2. The van der Waals surface area contributed by atoms with Gasteiger partial charge < -0.3 is 19.7 Å². The van der Waals surface area contributed by atoms with Crippen LogP contribution in [0.2, 0.25) is 10.0 Å². The molecule has 1 aliphatic rings. The van der Waals surface area contributed by atoms with Gasteiger partial charge in [0.2, 0.25) is 0 Å². The van der Waals surface area contributed by atoms with E-state index in [9.17, 15) is 14.0 Å². The number of rotatable bonds is 6. The maximum Gasteiger partial charge on any atom is 0.254 e. The van der Waals surface area contributed by atoms with Crippen molar-refractivity contribution in [2.45, 2.75) is 18.4 Å². The number of amides is 2. The lowest BCUT2D eigenvalue weighted by atomic mass is 9.85. The monoisotopic (exact) mass is 530 g/mol. The molecule has 3 aromatic rings. The molecule has 2 atom stereocenters. The molecule has 1 saturated heterocycles. The number of nitrogens with zero attached hydrogens (tertiary/aromatic N) is 1. The average Bonchev–Trinajstić information content (AvgIpc) is 2.89. The summed E-state index contributed by atoms with van der Waals surface area (Å²) in [6, 6.07) is 15.9. The molecule has 0 saturated carbocycles. The molecular weight excluding hydrogens is 506 g/mol. The first kappa shape index (κ1) is 25.8. The summed E-state index contributed by atoms with van der Waals surface area (Å²) < 4.78 is 25.0. The summed E-state index contributed by atoms with van der Waals surface area (Å²) in [5, 5.41) is 3.38. The van der Waals surface area contributed by atoms with Crippen LogP contribution in [0, 0.1) is 5.82 Å². The highest BCUT2D eigenvalue weighted by molar-refractivity contribution is 6.33. The number of piperidine rings is 1. The molecule has 1 aliphatic heterocycles. The number of nitrogens with one attached hydrogen (secondary N) is 1. The quantitative estimate of drug-likeness (QED) is 0.451. The van der Waals surface area contributed by atoms with Gasteiger partial charge in [0.15, 0.2) is 11.5 Å². The summed E-state index contributed by atoms with van der Waals surface area (Å²) in [5.74, 6) is -0.503. The molecule has 0 spiro atoms. The van der Waals surface area contributed by atoms with Gasteiger partial charge in [0.05, 0.1) is 29.8 Å². The van der Waals surface area contributed by atoms with Crippen LogP contribution >= 0.6 is 23.2 Å². The van der Waals surface area contributed by atoms with Gasteiger partial charge in [0, 0.05) is 30.6 Å². The Hall–Kier alpha value is -3.29. The van der Waals surface area contributed by atoms with E-state index in [1.165, 1.54) is 26.4 Å². The second kappa shape index (κ2) is 11.2. The van der Waals surface area contributed by atoms with E-state index < -0.39 is 5.82 Å². The predicted molar refractivity (Wildman–Crippen MR) is 137 cm³/mol. The number of hydrogen-bond donors (Lipinski definition) is 1. The van der Waals surface area contributed by atoms with E-state index in [2.05, 4.69) is 5.32 Å². The molecule has 0 bridgehead atoms. The van der Waals surface area contributed by atoms with Crippen molar-refractivity contribution in [1.29, 1.82) is 0 Å². The topological polar surface area (TPSA) is 67.9 Å². The molecule has 0 unspecified atom stereocenters. The third kappa shape index (κ3) is 5.42. The minimum atomic E-state index is -0.561. The lowest BCUT2D eigenvalue weighted by Gasteiger charge is -2.39. The van der Waals surface area contributed by atoms with Crippen molar-refractivity contribution in [1.82, 2.24) is 10.2 Å². The Morgan fingerprint density at radius 1 is 0.972 bits per heavy atom. The number of benzene rings is 3. The SMILES string of the molecule is COc1ccc(C(=O)N2CC[C@H](NC(=O)c3ccccc3Cl)[C@@H](c3ccc(Cl)c(F)c3)C2)cc1OC. The predicted octanol–water partition coefficient (Wildman–Crippen LogP) is 5.58. The highest BCUT2D eigenvalue weighted by Crippen LogP contribution is 2.33. The van der Waals surface area contributed by atoms with E-state index in [0.29, 0.717) is 46.2 Å². The van der Waals surface area contributed by atoms with Crippen LogP contribution in [0.1, 0.15) is 38.6 Å². The Labute approximate surface area is 218 Å². The highest BCUT2D eigenvalue weighted by atomic mass is 35.5. The lowest BCUT2D eigenvalue weighted by Crippen LogP contribution is -2.51. The number of ether oxygens (including phenoxy) is 2. The third-order valence-electron chi connectivity index (χ3n) is 6.34. The highest BCUT2D eigenvalue weighted by Gasteiger charge is 2.35. The summed E-state index contributed by atoms with van der Waals surface area (Å²) in [4.78, 5) is 28.1. The molecule has 1 N–H and O–H groups in total. The minimum absolute atomic E-state index is 0.00414. The fraction of sp³-hybridized carbons (Fsp3) is 0.259. The third-order valence-corrected chi connectivity index (χ3v) is 6.97. The van der Waals surface area contributed by atoms with Gasteiger partial charge in [-0.05, 0) is 54.4 Å². The Balaban J connectivity index is 1.61. The first-order valence-corrected chi connectivity index (χ1v) is 12.1. The number of halogens is 3. The summed E-state index contributed by atoms with van der Waals surface area (Å²) >= 11 is 12.1. The van der Waals surface area contributed by atoms with Crippen LogP contribution in [0.25, 0.3) is 0 Å². The van der Waals surface area contributed by atoms with E-state index in [1.54, 1.807) is 53.4 Å². The molecule has 1 fully saturated rings. The molecule has 4 rings (SSSR count). The first-order chi connectivity index (χ1) is 17.3. The maximum absolute atomic E-state index is 14.4. The number of carbonyl (C=O) groups is 2. The van der Waals surface area contributed by atoms with Crippen LogP contribution in [-0.4, -0.2) is 50.1 Å². The molecule has 2 amide bonds. The van der Waals surface area contributed by atoms with E-state index in [4.69, 9.17) is 32.7 Å². The van der Waals surface area contributed by atoms with Crippen molar-refractivity contribution < 1.29 is 23.5 Å². The number of likely N-dealkylation sites (tertiary alicyclic amines) is 1. The minimum Gasteiger partial charge on any atom is -0.493 e. The van der Waals surface area contributed by atoms with Gasteiger partial charge in [-0.1, -0.05) is 41.4 Å². The molecule has 0 radical (unpaired) electrons. The zero-order chi connectivity index (χ0) is 25.8. The zero-order valence-electron chi connectivity index (χ0n) is 19.8. The molecule has 188 valence electrons. The Morgan fingerprint density at radius 3 is 2.42 bits per heavy atom. The van der Waals surface area contributed by atoms with Gasteiger partial charge in [-0.25, -0.2) is 4.39 Å². The van der Waals surface area contributed by atoms with Crippen molar-refractivity contribution >= 4 is 35.0 Å². The lowest BCUT2D eigenvalue weighted by molar-refractivity contribution is 0.0671. The van der Waals surface area contributed by atoms with E-state index in [0.717, 1.165) is 0 Å². The summed E-state index contributed by atoms with van der Waals surface area (Å²) in [6.45, 7) is 0.662. The smallest absolute Gasteiger partial charge is 0.254 e. The summed E-state index contributed by atoms with van der Waals surface area (Å²) in [7, 11) is 3.03. The van der Waals surface area contributed by atoms with Crippen LogP contribution in [0.5, 0.6) is 11.5 Å². The normalized spacial score (nSPS) is 17.4. The second-order valence-electron chi connectivity index (χ2n) is 8.45. The fourth-order valence-electron chi connectivity index (χ4n) is 4.43. The van der Waals surface area contributed by atoms with Crippen LogP contribution in [-0.2, 0) is 0 Å². The van der Waals surface area contributed by atoms with Crippen molar-refractivity contribution in [2.24, 2.45) is 0 Å². The average molecular weight is 531 g/mol. The van der Waals surface area contributed by atoms with Crippen molar-refractivity contribution in [3.05, 3.63) is 93.2 Å². The number of hydrogen-bond acceptors (Lipinski definition) is 4. The van der Waals surface area contributed by atoms with Gasteiger partial charge in [0.25, 0.3) is 11.8 Å². The Bertz CT molecular complexity index is 1290. The maximum atomic E-state index is 14.4. The van der Waals surface area contributed by atoms with Crippen molar-refractivity contribution in [3.63, 3.8) is 0 Å². The van der Waals surface area contributed by atoms with E-state index in [1.807, 2.05) is 0 Å². The van der Waals surface area contributed by atoms with Gasteiger partial charge >= 0.3 is 0 Å². The van der Waals surface area contributed by atoms with Gasteiger partial charge in [-0.15, -0.1) is 0 Å². The largest absolute Gasteiger partial charge is 0.493 e. The first-order valence-electron chi connectivity index (χ1n) is 11.3.